The van der Waals surface area contributed by atoms with Gasteiger partial charge in [-0.15, -0.1) is 0 Å². The Morgan fingerprint density at radius 1 is 1.00 bits per heavy atom. The van der Waals surface area contributed by atoms with Gasteiger partial charge in [-0.05, 0) is 31.0 Å². The fourth-order valence-corrected chi connectivity index (χ4v) is 2.96. The summed E-state index contributed by atoms with van der Waals surface area (Å²) in [4.78, 5) is 28.6. The molecule has 1 aromatic carbocycles. The summed E-state index contributed by atoms with van der Waals surface area (Å²) in [6, 6.07) is 7.56. The second-order valence-electron chi connectivity index (χ2n) is 6.20. The predicted octanol–water partition coefficient (Wildman–Crippen LogP) is 3.54. The maximum Gasteiger partial charge on any atom is 0.257 e. The predicted molar refractivity (Wildman–Crippen MR) is 92.9 cm³/mol. The first kappa shape index (κ1) is 17.1. The van der Waals surface area contributed by atoms with Crippen LogP contribution in [-0.2, 0) is 0 Å². The smallest absolute Gasteiger partial charge is 0.257 e. The van der Waals surface area contributed by atoms with Crippen LogP contribution >= 0.6 is 0 Å². The largest absolute Gasteiger partial charge is 0.349 e. The van der Waals surface area contributed by atoms with Gasteiger partial charge in [-0.25, -0.2) is 4.39 Å². The van der Waals surface area contributed by atoms with Gasteiger partial charge in [0.05, 0.1) is 16.8 Å². The molecule has 130 valence electrons. The summed E-state index contributed by atoms with van der Waals surface area (Å²) in [5.74, 6) is -1.26. The van der Waals surface area contributed by atoms with Crippen molar-refractivity contribution in [2.75, 3.05) is 5.32 Å². The molecule has 0 aliphatic heterocycles. The Morgan fingerprint density at radius 2 is 1.68 bits per heavy atom. The first-order valence-corrected chi connectivity index (χ1v) is 8.45. The zero-order valence-electron chi connectivity index (χ0n) is 13.8. The van der Waals surface area contributed by atoms with Gasteiger partial charge < -0.3 is 10.6 Å². The van der Waals surface area contributed by atoms with Gasteiger partial charge in [0.1, 0.15) is 5.82 Å². The van der Waals surface area contributed by atoms with Crippen molar-refractivity contribution in [1.29, 1.82) is 0 Å². The highest BCUT2D eigenvalue weighted by Crippen LogP contribution is 2.18. The molecule has 0 bridgehead atoms. The van der Waals surface area contributed by atoms with Gasteiger partial charge in [0.25, 0.3) is 11.8 Å². The maximum absolute atomic E-state index is 13.6. The van der Waals surface area contributed by atoms with E-state index in [1.54, 1.807) is 12.1 Å². The van der Waals surface area contributed by atoms with Gasteiger partial charge >= 0.3 is 0 Å². The number of aromatic nitrogens is 1. The molecular weight excluding hydrogens is 321 g/mol. The number of hydrogen-bond acceptors (Lipinski definition) is 3. The monoisotopic (exact) mass is 341 g/mol. The fourth-order valence-electron chi connectivity index (χ4n) is 2.96. The lowest BCUT2D eigenvalue weighted by atomic mass is 9.95. The molecule has 2 aromatic rings. The zero-order valence-corrected chi connectivity index (χ0v) is 13.8. The number of nitrogens with zero attached hydrogens (tertiary/aromatic N) is 1. The van der Waals surface area contributed by atoms with E-state index in [0.29, 0.717) is 5.56 Å². The van der Waals surface area contributed by atoms with E-state index in [4.69, 9.17) is 0 Å². The average molecular weight is 341 g/mol. The minimum absolute atomic E-state index is 0.0876. The Hall–Kier alpha value is -2.76. The van der Waals surface area contributed by atoms with Crippen molar-refractivity contribution in [3.63, 3.8) is 0 Å². The van der Waals surface area contributed by atoms with Crippen molar-refractivity contribution in [2.24, 2.45) is 0 Å². The highest BCUT2D eigenvalue weighted by Gasteiger charge is 2.18. The normalized spacial score (nSPS) is 14.8. The SMILES string of the molecule is O=C(Nc1ccccc1F)c1cncc(C(=O)NC2CCCCC2)c1. The molecule has 6 heteroatoms. The molecule has 1 aliphatic carbocycles. The van der Waals surface area contributed by atoms with Gasteiger partial charge in [-0.1, -0.05) is 31.4 Å². The van der Waals surface area contributed by atoms with Crippen LogP contribution in [0.2, 0.25) is 0 Å². The van der Waals surface area contributed by atoms with Gasteiger partial charge in [0.15, 0.2) is 0 Å². The number of pyridine rings is 1. The van der Waals surface area contributed by atoms with Crippen LogP contribution in [0.4, 0.5) is 10.1 Å². The summed E-state index contributed by atoms with van der Waals surface area (Å²) in [5.41, 5.74) is 0.621. The molecule has 1 heterocycles. The third kappa shape index (κ3) is 4.41. The van der Waals surface area contributed by atoms with E-state index in [1.807, 2.05) is 0 Å². The highest BCUT2D eigenvalue weighted by molar-refractivity contribution is 6.05. The molecule has 1 aliphatic rings. The van der Waals surface area contributed by atoms with Crippen molar-refractivity contribution in [2.45, 2.75) is 38.1 Å². The summed E-state index contributed by atoms with van der Waals surface area (Å²) in [7, 11) is 0. The lowest BCUT2D eigenvalue weighted by Crippen LogP contribution is -2.36. The fraction of sp³-hybridized carbons (Fsp3) is 0.316. The number of benzene rings is 1. The van der Waals surface area contributed by atoms with Crippen LogP contribution in [0.1, 0.15) is 52.8 Å². The average Bonchev–Trinajstić information content (AvgIpc) is 2.64. The van der Waals surface area contributed by atoms with Gasteiger partial charge in [0.2, 0.25) is 0 Å². The van der Waals surface area contributed by atoms with E-state index < -0.39 is 11.7 Å². The van der Waals surface area contributed by atoms with Crippen molar-refractivity contribution in [1.82, 2.24) is 10.3 Å². The number of para-hydroxylation sites is 1. The van der Waals surface area contributed by atoms with E-state index in [-0.39, 0.29) is 23.2 Å². The summed E-state index contributed by atoms with van der Waals surface area (Å²) < 4.78 is 13.6. The quantitative estimate of drug-likeness (QED) is 0.893. The first-order valence-electron chi connectivity index (χ1n) is 8.45. The first-order chi connectivity index (χ1) is 12.1. The van der Waals surface area contributed by atoms with Crippen LogP contribution in [0.5, 0.6) is 0 Å². The minimum Gasteiger partial charge on any atom is -0.349 e. The number of carbonyl (C=O) groups excluding carboxylic acids is 2. The molecule has 0 saturated heterocycles. The summed E-state index contributed by atoms with van der Waals surface area (Å²) in [5, 5.41) is 5.48. The second kappa shape index (κ2) is 7.88. The number of anilines is 1. The summed E-state index contributed by atoms with van der Waals surface area (Å²) >= 11 is 0. The molecule has 1 fully saturated rings. The third-order valence-corrected chi connectivity index (χ3v) is 4.33. The molecule has 1 aromatic heterocycles. The molecule has 0 atom stereocenters. The number of amides is 2. The van der Waals surface area contributed by atoms with Crippen molar-refractivity contribution in [3.05, 3.63) is 59.7 Å². The van der Waals surface area contributed by atoms with E-state index in [9.17, 15) is 14.0 Å². The molecule has 2 N–H and O–H groups in total. The molecule has 1 saturated carbocycles. The van der Waals surface area contributed by atoms with Gasteiger partial charge in [-0.3, -0.25) is 14.6 Å². The number of hydrogen-bond donors (Lipinski definition) is 2. The zero-order chi connectivity index (χ0) is 17.6. The van der Waals surface area contributed by atoms with E-state index >= 15 is 0 Å². The molecular formula is C19H20FN3O2. The van der Waals surface area contributed by atoms with E-state index in [0.717, 1.165) is 25.7 Å². The molecule has 0 unspecified atom stereocenters. The van der Waals surface area contributed by atoms with E-state index in [1.165, 1.54) is 37.0 Å². The Labute approximate surface area is 145 Å². The Morgan fingerprint density at radius 3 is 2.40 bits per heavy atom. The Bertz CT molecular complexity index is 773. The number of carbonyl (C=O) groups is 2. The summed E-state index contributed by atoms with van der Waals surface area (Å²) in [6.07, 6.45) is 8.19. The highest BCUT2D eigenvalue weighted by atomic mass is 19.1. The van der Waals surface area contributed by atoms with Crippen LogP contribution in [0.3, 0.4) is 0 Å². The molecule has 0 radical (unpaired) electrons. The third-order valence-electron chi connectivity index (χ3n) is 4.33. The number of rotatable bonds is 4. The lowest BCUT2D eigenvalue weighted by Gasteiger charge is -2.22. The lowest BCUT2D eigenvalue weighted by molar-refractivity contribution is 0.0927. The molecule has 2 amide bonds. The van der Waals surface area contributed by atoms with E-state index in [2.05, 4.69) is 15.6 Å². The topological polar surface area (TPSA) is 71.1 Å². The second-order valence-corrected chi connectivity index (χ2v) is 6.20. The van der Waals surface area contributed by atoms with Crippen molar-refractivity contribution >= 4 is 17.5 Å². The molecule has 5 nitrogen and oxygen atoms in total. The molecule has 3 rings (SSSR count). The van der Waals surface area contributed by atoms with Crippen LogP contribution < -0.4 is 10.6 Å². The Kier molecular flexibility index (Phi) is 5.38. The van der Waals surface area contributed by atoms with Crippen LogP contribution in [0, 0.1) is 5.82 Å². The molecule has 0 spiro atoms. The maximum atomic E-state index is 13.6. The van der Waals surface area contributed by atoms with Crippen molar-refractivity contribution < 1.29 is 14.0 Å². The summed E-state index contributed by atoms with van der Waals surface area (Å²) in [6.45, 7) is 0. The van der Waals surface area contributed by atoms with Crippen LogP contribution in [0.25, 0.3) is 0 Å². The standard InChI is InChI=1S/C19H20FN3O2/c20-16-8-4-5-9-17(16)23-19(25)14-10-13(11-21-12-14)18(24)22-15-6-2-1-3-7-15/h4-5,8-12,15H,1-3,6-7H2,(H,22,24)(H,23,25). The van der Waals surface area contributed by atoms with Gasteiger partial charge in [0, 0.05) is 18.4 Å². The molecule has 25 heavy (non-hydrogen) atoms. The number of nitrogens with one attached hydrogen (secondary N) is 2. The number of halogens is 1. The van der Waals surface area contributed by atoms with Crippen LogP contribution in [0.15, 0.2) is 42.7 Å². The van der Waals surface area contributed by atoms with Gasteiger partial charge in [-0.2, -0.15) is 0 Å². The Balaban J connectivity index is 1.69. The minimum atomic E-state index is -0.519. The van der Waals surface area contributed by atoms with Crippen molar-refractivity contribution in [3.8, 4) is 0 Å². The van der Waals surface area contributed by atoms with Crippen LogP contribution in [-0.4, -0.2) is 22.8 Å².